The number of nitrogens with zero attached hydrogens (tertiary/aromatic N) is 3. The highest BCUT2D eigenvalue weighted by atomic mass is 15.3. The number of hydrogen-bond acceptors (Lipinski definition) is 3. The molecule has 0 bridgehead atoms. The largest absolute Gasteiger partial charge is 0.318 e. The summed E-state index contributed by atoms with van der Waals surface area (Å²) in [6.07, 6.45) is 1.69. The SMILES string of the molecule is N[C@@H](c1ccccc1)c1nncn1-c1ccccc1. The highest BCUT2D eigenvalue weighted by molar-refractivity contribution is 5.34. The van der Waals surface area contributed by atoms with Crippen LogP contribution in [-0.2, 0) is 0 Å². The van der Waals surface area contributed by atoms with Crippen molar-refractivity contribution in [1.29, 1.82) is 0 Å². The molecular formula is C15H14N4. The van der Waals surface area contributed by atoms with Gasteiger partial charge in [0, 0.05) is 5.69 Å². The van der Waals surface area contributed by atoms with E-state index in [-0.39, 0.29) is 6.04 Å². The molecule has 3 aromatic rings. The van der Waals surface area contributed by atoms with Crippen LogP contribution in [0.5, 0.6) is 0 Å². The third-order valence-corrected chi connectivity index (χ3v) is 3.05. The number of aromatic nitrogens is 3. The van der Waals surface area contributed by atoms with E-state index in [2.05, 4.69) is 10.2 Å². The van der Waals surface area contributed by atoms with Crippen LogP contribution in [0, 0.1) is 0 Å². The zero-order valence-corrected chi connectivity index (χ0v) is 10.3. The maximum atomic E-state index is 6.28. The summed E-state index contributed by atoms with van der Waals surface area (Å²) in [6.45, 7) is 0. The molecule has 0 radical (unpaired) electrons. The molecule has 0 unspecified atom stereocenters. The number of benzene rings is 2. The second-order valence-electron chi connectivity index (χ2n) is 4.28. The van der Waals surface area contributed by atoms with Crippen molar-refractivity contribution in [1.82, 2.24) is 14.8 Å². The van der Waals surface area contributed by atoms with Gasteiger partial charge in [0.2, 0.25) is 0 Å². The maximum Gasteiger partial charge on any atom is 0.158 e. The standard InChI is InChI=1S/C15H14N4/c16-14(12-7-3-1-4-8-12)15-18-17-11-19(15)13-9-5-2-6-10-13/h1-11,14H,16H2/t14-/m0/s1. The first kappa shape index (κ1) is 11.6. The van der Waals surface area contributed by atoms with Crippen LogP contribution in [-0.4, -0.2) is 14.8 Å². The fourth-order valence-electron chi connectivity index (χ4n) is 2.05. The molecule has 2 aromatic carbocycles. The van der Waals surface area contributed by atoms with E-state index in [9.17, 15) is 0 Å². The molecule has 0 spiro atoms. The average Bonchev–Trinajstić information content (AvgIpc) is 2.98. The number of rotatable bonds is 3. The van der Waals surface area contributed by atoms with Crippen molar-refractivity contribution in [2.45, 2.75) is 6.04 Å². The molecule has 0 aliphatic heterocycles. The van der Waals surface area contributed by atoms with Crippen molar-refractivity contribution in [3.8, 4) is 5.69 Å². The van der Waals surface area contributed by atoms with Crippen molar-refractivity contribution >= 4 is 0 Å². The molecule has 0 amide bonds. The van der Waals surface area contributed by atoms with Crippen LogP contribution in [0.4, 0.5) is 0 Å². The topological polar surface area (TPSA) is 56.7 Å². The normalized spacial score (nSPS) is 12.3. The molecule has 1 aromatic heterocycles. The summed E-state index contributed by atoms with van der Waals surface area (Å²) in [5, 5.41) is 8.13. The fraction of sp³-hybridized carbons (Fsp3) is 0.0667. The Balaban J connectivity index is 2.01. The third-order valence-electron chi connectivity index (χ3n) is 3.05. The lowest BCUT2D eigenvalue weighted by Gasteiger charge is -2.13. The van der Waals surface area contributed by atoms with E-state index in [4.69, 9.17) is 5.73 Å². The summed E-state index contributed by atoms with van der Waals surface area (Å²) in [7, 11) is 0. The molecule has 0 saturated carbocycles. The van der Waals surface area contributed by atoms with E-state index in [1.165, 1.54) is 0 Å². The van der Waals surface area contributed by atoms with Gasteiger partial charge in [-0.15, -0.1) is 10.2 Å². The lowest BCUT2D eigenvalue weighted by molar-refractivity contribution is 0.752. The van der Waals surface area contributed by atoms with Crippen molar-refractivity contribution in [3.63, 3.8) is 0 Å². The quantitative estimate of drug-likeness (QED) is 0.776. The molecule has 1 heterocycles. The molecule has 3 rings (SSSR count). The number of para-hydroxylation sites is 1. The summed E-state index contributed by atoms with van der Waals surface area (Å²) in [5.41, 5.74) is 8.30. The zero-order valence-electron chi connectivity index (χ0n) is 10.3. The summed E-state index contributed by atoms with van der Waals surface area (Å²) in [5.74, 6) is 0.734. The van der Waals surface area contributed by atoms with E-state index in [1.807, 2.05) is 65.2 Å². The number of nitrogens with two attached hydrogens (primary N) is 1. The Morgan fingerprint density at radius 1 is 0.895 bits per heavy atom. The molecule has 0 saturated heterocycles. The first-order chi connectivity index (χ1) is 9.36. The van der Waals surface area contributed by atoms with Crippen molar-refractivity contribution < 1.29 is 0 Å². The monoisotopic (exact) mass is 250 g/mol. The Morgan fingerprint density at radius 2 is 1.53 bits per heavy atom. The second-order valence-corrected chi connectivity index (χ2v) is 4.28. The minimum Gasteiger partial charge on any atom is -0.318 e. The molecule has 0 aliphatic rings. The Morgan fingerprint density at radius 3 is 2.21 bits per heavy atom. The van der Waals surface area contributed by atoms with Gasteiger partial charge in [-0.1, -0.05) is 48.5 Å². The van der Waals surface area contributed by atoms with E-state index < -0.39 is 0 Å². The van der Waals surface area contributed by atoms with Gasteiger partial charge in [-0.2, -0.15) is 0 Å². The van der Waals surface area contributed by atoms with Crippen LogP contribution >= 0.6 is 0 Å². The molecule has 19 heavy (non-hydrogen) atoms. The van der Waals surface area contributed by atoms with Gasteiger partial charge in [0.05, 0.1) is 6.04 Å². The maximum absolute atomic E-state index is 6.28. The smallest absolute Gasteiger partial charge is 0.158 e. The van der Waals surface area contributed by atoms with Crippen LogP contribution in [0.3, 0.4) is 0 Å². The third kappa shape index (κ3) is 2.26. The lowest BCUT2D eigenvalue weighted by Crippen LogP contribution is -2.17. The highest BCUT2D eigenvalue weighted by Gasteiger charge is 2.16. The Hall–Kier alpha value is -2.46. The van der Waals surface area contributed by atoms with Gasteiger partial charge in [-0.3, -0.25) is 4.57 Å². The molecule has 4 nitrogen and oxygen atoms in total. The minimum absolute atomic E-state index is 0.288. The van der Waals surface area contributed by atoms with Gasteiger partial charge in [0.25, 0.3) is 0 Å². The van der Waals surface area contributed by atoms with Crippen LogP contribution in [0.15, 0.2) is 67.0 Å². The fourth-order valence-corrected chi connectivity index (χ4v) is 2.05. The zero-order chi connectivity index (χ0) is 13.1. The van der Waals surface area contributed by atoms with Gasteiger partial charge in [-0.25, -0.2) is 0 Å². The van der Waals surface area contributed by atoms with E-state index in [0.29, 0.717) is 0 Å². The molecule has 0 fully saturated rings. The van der Waals surface area contributed by atoms with E-state index in [1.54, 1.807) is 6.33 Å². The predicted octanol–water partition coefficient (Wildman–Crippen LogP) is 2.32. The van der Waals surface area contributed by atoms with Crippen molar-refractivity contribution in [2.75, 3.05) is 0 Å². The van der Waals surface area contributed by atoms with Crippen LogP contribution in [0.1, 0.15) is 17.4 Å². The predicted molar refractivity (Wildman–Crippen MR) is 73.8 cm³/mol. The molecule has 4 heteroatoms. The summed E-state index contributed by atoms with van der Waals surface area (Å²) in [6, 6.07) is 19.6. The van der Waals surface area contributed by atoms with E-state index >= 15 is 0 Å². The van der Waals surface area contributed by atoms with Gasteiger partial charge >= 0.3 is 0 Å². The number of hydrogen-bond donors (Lipinski definition) is 1. The van der Waals surface area contributed by atoms with Crippen LogP contribution in [0.2, 0.25) is 0 Å². The van der Waals surface area contributed by atoms with Gasteiger partial charge in [0.15, 0.2) is 5.82 Å². The summed E-state index contributed by atoms with van der Waals surface area (Å²) < 4.78 is 1.91. The van der Waals surface area contributed by atoms with Crippen molar-refractivity contribution in [3.05, 3.63) is 78.4 Å². The summed E-state index contributed by atoms with van der Waals surface area (Å²) >= 11 is 0. The Kier molecular flexibility index (Phi) is 3.08. The molecule has 94 valence electrons. The van der Waals surface area contributed by atoms with E-state index in [0.717, 1.165) is 17.1 Å². The molecule has 1 atom stereocenters. The van der Waals surface area contributed by atoms with Gasteiger partial charge in [-0.05, 0) is 17.7 Å². The first-order valence-electron chi connectivity index (χ1n) is 6.12. The second kappa shape index (κ2) is 5.04. The Bertz CT molecular complexity index is 646. The van der Waals surface area contributed by atoms with Crippen molar-refractivity contribution in [2.24, 2.45) is 5.73 Å². The average molecular weight is 250 g/mol. The highest BCUT2D eigenvalue weighted by Crippen LogP contribution is 2.19. The Labute approximate surface area is 111 Å². The first-order valence-corrected chi connectivity index (χ1v) is 6.12. The minimum atomic E-state index is -0.288. The van der Waals surface area contributed by atoms with Crippen LogP contribution < -0.4 is 5.73 Å². The van der Waals surface area contributed by atoms with Gasteiger partial charge in [0.1, 0.15) is 6.33 Å². The molecule has 0 aliphatic carbocycles. The van der Waals surface area contributed by atoms with Crippen LogP contribution in [0.25, 0.3) is 5.69 Å². The summed E-state index contributed by atoms with van der Waals surface area (Å²) in [4.78, 5) is 0. The molecular weight excluding hydrogens is 236 g/mol. The molecule has 2 N–H and O–H groups in total. The van der Waals surface area contributed by atoms with Gasteiger partial charge < -0.3 is 5.73 Å². The lowest BCUT2D eigenvalue weighted by atomic mass is 10.1.